The zero-order valence-electron chi connectivity index (χ0n) is 12.2. The van der Waals surface area contributed by atoms with Crippen molar-refractivity contribution in [2.24, 2.45) is 0 Å². The summed E-state index contributed by atoms with van der Waals surface area (Å²) < 4.78 is 1.26. The van der Waals surface area contributed by atoms with Gasteiger partial charge in [-0.3, -0.25) is 14.4 Å². The van der Waals surface area contributed by atoms with Crippen LogP contribution in [0.5, 0.6) is 0 Å². The second-order valence-electron chi connectivity index (χ2n) is 5.30. The number of thiazole rings is 1. The zero-order chi connectivity index (χ0) is 16.3. The molecule has 0 bridgehead atoms. The van der Waals surface area contributed by atoms with E-state index in [1.807, 2.05) is 26.0 Å². The van der Waals surface area contributed by atoms with E-state index in [4.69, 9.17) is 0 Å². The number of hydrogen-bond acceptors (Lipinski definition) is 6. The molecule has 8 heteroatoms. The molecule has 0 saturated heterocycles. The molecule has 0 saturated carbocycles. The van der Waals surface area contributed by atoms with Gasteiger partial charge in [-0.25, -0.2) is 4.90 Å². The van der Waals surface area contributed by atoms with Crippen LogP contribution in [-0.2, 0) is 0 Å². The molecule has 1 aliphatic rings. The van der Waals surface area contributed by atoms with Crippen molar-refractivity contribution < 1.29 is 9.59 Å². The topological polar surface area (TPSA) is 84.6 Å². The van der Waals surface area contributed by atoms with Crippen molar-refractivity contribution in [2.45, 2.75) is 13.8 Å². The van der Waals surface area contributed by atoms with Crippen LogP contribution in [0.4, 0.5) is 5.69 Å². The average molecular weight is 326 g/mol. The SMILES string of the molecule is Cc1ccc(C)c(N2C(=O)c3sc4nc(=O)cnn4c3C2=O)c1. The summed E-state index contributed by atoms with van der Waals surface area (Å²) in [6, 6.07) is 5.59. The van der Waals surface area contributed by atoms with Gasteiger partial charge >= 0.3 is 0 Å². The highest BCUT2D eigenvalue weighted by atomic mass is 32.1. The Balaban J connectivity index is 1.94. The van der Waals surface area contributed by atoms with Gasteiger partial charge in [0.1, 0.15) is 11.1 Å². The van der Waals surface area contributed by atoms with Gasteiger partial charge in [0, 0.05) is 0 Å². The van der Waals surface area contributed by atoms with Crippen LogP contribution in [-0.4, -0.2) is 26.4 Å². The lowest BCUT2D eigenvalue weighted by atomic mass is 10.1. The van der Waals surface area contributed by atoms with E-state index in [1.54, 1.807) is 6.07 Å². The Morgan fingerprint density at radius 3 is 2.65 bits per heavy atom. The van der Waals surface area contributed by atoms with E-state index in [2.05, 4.69) is 10.1 Å². The van der Waals surface area contributed by atoms with Crippen LogP contribution in [0.15, 0.2) is 29.2 Å². The fourth-order valence-electron chi connectivity index (χ4n) is 2.59. The van der Waals surface area contributed by atoms with Gasteiger partial charge < -0.3 is 0 Å². The molecule has 3 heterocycles. The normalized spacial score (nSPS) is 13.9. The number of benzene rings is 1. The van der Waals surface area contributed by atoms with Gasteiger partial charge in [0.2, 0.25) is 4.96 Å². The van der Waals surface area contributed by atoms with E-state index in [-0.39, 0.29) is 15.5 Å². The Morgan fingerprint density at radius 2 is 1.87 bits per heavy atom. The van der Waals surface area contributed by atoms with Gasteiger partial charge in [-0.15, -0.1) is 0 Å². The lowest BCUT2D eigenvalue weighted by Crippen LogP contribution is -2.31. The van der Waals surface area contributed by atoms with Crippen LogP contribution >= 0.6 is 11.3 Å². The first-order valence-electron chi connectivity index (χ1n) is 6.82. The van der Waals surface area contributed by atoms with Crippen LogP contribution in [0.1, 0.15) is 31.3 Å². The van der Waals surface area contributed by atoms with Gasteiger partial charge in [-0.05, 0) is 31.0 Å². The van der Waals surface area contributed by atoms with Crippen molar-refractivity contribution in [3.63, 3.8) is 0 Å². The number of amides is 2. The molecule has 3 aromatic rings. The first kappa shape index (κ1) is 13.8. The minimum absolute atomic E-state index is 0.156. The van der Waals surface area contributed by atoms with Crippen LogP contribution < -0.4 is 10.5 Å². The van der Waals surface area contributed by atoms with Crippen LogP contribution in [0.25, 0.3) is 4.96 Å². The number of anilines is 1. The van der Waals surface area contributed by atoms with Crippen molar-refractivity contribution in [2.75, 3.05) is 4.90 Å². The average Bonchev–Trinajstić information content (AvgIpc) is 2.98. The summed E-state index contributed by atoms with van der Waals surface area (Å²) in [5.41, 5.74) is 2.00. The maximum atomic E-state index is 12.8. The number of hydrogen-bond donors (Lipinski definition) is 0. The number of rotatable bonds is 1. The van der Waals surface area contributed by atoms with E-state index in [0.717, 1.165) is 33.6 Å². The molecule has 0 fully saturated rings. The van der Waals surface area contributed by atoms with Crippen LogP contribution in [0.2, 0.25) is 0 Å². The molecule has 0 atom stereocenters. The van der Waals surface area contributed by atoms with E-state index >= 15 is 0 Å². The van der Waals surface area contributed by atoms with Gasteiger partial charge in [-0.1, -0.05) is 23.5 Å². The number of imide groups is 1. The fraction of sp³-hybridized carbons (Fsp3) is 0.133. The lowest BCUT2D eigenvalue weighted by Gasteiger charge is -2.17. The number of aryl methyl sites for hydroxylation is 2. The summed E-state index contributed by atoms with van der Waals surface area (Å²) in [5, 5.41) is 3.92. The predicted octanol–water partition coefficient (Wildman–Crippen LogP) is 1.57. The van der Waals surface area contributed by atoms with Gasteiger partial charge in [0.15, 0.2) is 5.69 Å². The third-order valence-corrected chi connectivity index (χ3v) is 4.72. The van der Waals surface area contributed by atoms with E-state index < -0.39 is 17.4 Å². The summed E-state index contributed by atoms with van der Waals surface area (Å²) in [6.45, 7) is 3.74. The van der Waals surface area contributed by atoms with Crippen molar-refractivity contribution >= 4 is 33.8 Å². The monoisotopic (exact) mass is 326 g/mol. The van der Waals surface area contributed by atoms with Crippen molar-refractivity contribution in [1.82, 2.24) is 14.6 Å². The second-order valence-corrected chi connectivity index (χ2v) is 6.28. The third-order valence-electron chi connectivity index (χ3n) is 3.70. The van der Waals surface area contributed by atoms with Crippen molar-refractivity contribution in [3.05, 3.63) is 56.4 Å². The smallest absolute Gasteiger partial charge is 0.267 e. The van der Waals surface area contributed by atoms with Gasteiger partial charge in [0.25, 0.3) is 17.4 Å². The molecule has 4 rings (SSSR count). The molecule has 23 heavy (non-hydrogen) atoms. The first-order chi connectivity index (χ1) is 11.0. The van der Waals surface area contributed by atoms with Crippen molar-refractivity contribution in [1.29, 1.82) is 0 Å². The Bertz CT molecular complexity index is 1070. The molecule has 7 nitrogen and oxygen atoms in total. The number of fused-ring (bicyclic) bond motifs is 3. The highest BCUT2D eigenvalue weighted by molar-refractivity contribution is 7.19. The molecule has 0 N–H and O–H groups in total. The maximum absolute atomic E-state index is 12.8. The summed E-state index contributed by atoms with van der Waals surface area (Å²) in [4.78, 5) is 42.2. The standard InChI is InChI=1S/C15H10N4O3S/c1-7-3-4-8(2)9(5-7)18-13(21)11-12(14(18)22)23-15-17-10(20)6-16-19(11)15/h3-6H,1-2H3. The highest BCUT2D eigenvalue weighted by Gasteiger charge is 2.42. The molecule has 0 unspecified atom stereocenters. The Kier molecular flexibility index (Phi) is 2.73. The maximum Gasteiger partial charge on any atom is 0.292 e. The molecule has 1 aliphatic heterocycles. The third kappa shape index (κ3) is 1.85. The summed E-state index contributed by atoms with van der Waals surface area (Å²) in [6.07, 6.45) is 1.03. The molecular formula is C15H10N4O3S. The minimum Gasteiger partial charge on any atom is -0.267 e. The van der Waals surface area contributed by atoms with E-state index in [9.17, 15) is 14.4 Å². The minimum atomic E-state index is -0.504. The summed E-state index contributed by atoms with van der Waals surface area (Å²) >= 11 is 0.998. The number of aromatic nitrogens is 3. The van der Waals surface area contributed by atoms with Crippen LogP contribution in [0, 0.1) is 13.8 Å². The molecule has 1 aromatic carbocycles. The first-order valence-corrected chi connectivity index (χ1v) is 7.64. The number of nitrogens with zero attached hydrogens (tertiary/aromatic N) is 4. The predicted molar refractivity (Wildman–Crippen MR) is 84.2 cm³/mol. The quantitative estimate of drug-likeness (QED) is 0.634. The molecule has 2 aromatic heterocycles. The lowest BCUT2D eigenvalue weighted by molar-refractivity contribution is 0.0924. The van der Waals surface area contributed by atoms with E-state index in [1.165, 1.54) is 4.52 Å². The zero-order valence-corrected chi connectivity index (χ0v) is 13.0. The molecule has 0 aliphatic carbocycles. The van der Waals surface area contributed by atoms with E-state index in [0.29, 0.717) is 5.69 Å². The molecule has 114 valence electrons. The van der Waals surface area contributed by atoms with Crippen molar-refractivity contribution in [3.8, 4) is 0 Å². The molecule has 2 amide bonds. The number of carbonyl (C=O) groups excluding carboxylic acids is 2. The Morgan fingerprint density at radius 1 is 1.09 bits per heavy atom. The molecular weight excluding hydrogens is 316 g/mol. The van der Waals surface area contributed by atoms with Crippen LogP contribution in [0.3, 0.4) is 0 Å². The Labute approximate surface area is 133 Å². The Hall–Kier alpha value is -2.87. The largest absolute Gasteiger partial charge is 0.292 e. The van der Waals surface area contributed by atoms with Gasteiger partial charge in [0.05, 0.1) is 5.69 Å². The molecule has 0 radical (unpaired) electrons. The van der Waals surface area contributed by atoms with Gasteiger partial charge in [-0.2, -0.15) is 14.6 Å². The second kappa shape index (κ2) is 4.56. The highest BCUT2D eigenvalue weighted by Crippen LogP contribution is 2.34. The molecule has 0 spiro atoms. The summed E-state index contributed by atoms with van der Waals surface area (Å²) in [7, 11) is 0. The fourth-order valence-corrected chi connectivity index (χ4v) is 3.59. The summed E-state index contributed by atoms with van der Waals surface area (Å²) in [5.74, 6) is -0.869. The number of carbonyl (C=O) groups is 2.